The minimum Gasteiger partial charge on any atom is -0.493 e. The number of fused-ring (bicyclic) bond motifs is 4. The zero-order valence-corrected chi connectivity index (χ0v) is 52.1. The molecule has 2 unspecified atom stereocenters. The van der Waals surface area contributed by atoms with Gasteiger partial charge in [0.2, 0.25) is 23.6 Å². The average molecular weight is 1200 g/mol. The van der Waals surface area contributed by atoms with Crippen molar-refractivity contribution in [3.8, 4) is 23.0 Å². The van der Waals surface area contributed by atoms with Crippen LogP contribution in [0.5, 0.6) is 23.0 Å². The minimum atomic E-state index is -0.425. The van der Waals surface area contributed by atoms with Crippen molar-refractivity contribution in [3.05, 3.63) is 107 Å². The summed E-state index contributed by atoms with van der Waals surface area (Å²) in [5, 5.41) is 5.64. The van der Waals surface area contributed by atoms with Crippen molar-refractivity contribution in [1.29, 1.82) is 0 Å². The third-order valence-corrected chi connectivity index (χ3v) is 16.6. The Labute approximate surface area is 516 Å². The van der Waals surface area contributed by atoms with Gasteiger partial charge in [0.05, 0.1) is 68.1 Å². The number of nitrogens with zero attached hydrogens (tertiary/aromatic N) is 7. The second-order valence-corrected chi connectivity index (χ2v) is 24.2. The van der Waals surface area contributed by atoms with Gasteiger partial charge in [-0.2, -0.15) is 0 Å². The number of amides is 6. The Balaban J connectivity index is 0.000000299. The van der Waals surface area contributed by atoms with Gasteiger partial charge in [-0.05, 0) is 90.4 Å². The molecule has 6 amide bonds. The monoisotopic (exact) mass is 1200 g/mol. The molecule has 4 aromatic carbocycles. The number of carbonyl (C=O) groups excluding carboxylic acids is 7. The van der Waals surface area contributed by atoms with E-state index in [1.165, 1.54) is 24.6 Å². The van der Waals surface area contributed by atoms with Gasteiger partial charge < -0.3 is 49.2 Å². The molecule has 0 aliphatic carbocycles. The number of Topliss-reactive ketones (excluding diaryl/α,β-unsaturated/α-hetero) is 1. The van der Waals surface area contributed by atoms with Gasteiger partial charge in [0.1, 0.15) is 0 Å². The number of rotatable bonds is 23. The van der Waals surface area contributed by atoms with Gasteiger partial charge in [-0.3, -0.25) is 48.4 Å². The van der Waals surface area contributed by atoms with Crippen LogP contribution in [0.15, 0.2) is 95.2 Å². The van der Waals surface area contributed by atoms with Crippen molar-refractivity contribution in [2.75, 3.05) is 77.4 Å². The Kier molecular flexibility index (Phi) is 21.0. The number of likely N-dealkylation sites (N-methyl/N-ethyl adjacent to an activating group) is 1. The Morgan fingerprint density at radius 3 is 1.67 bits per heavy atom. The van der Waals surface area contributed by atoms with Crippen LogP contribution in [0.2, 0.25) is 0 Å². The molecule has 4 atom stereocenters. The summed E-state index contributed by atoms with van der Waals surface area (Å²) in [5.74, 6) is 1.27. The number of imide groups is 1. The summed E-state index contributed by atoms with van der Waals surface area (Å²) in [6.45, 7) is 16.3. The Hall–Kier alpha value is -8.65. The molecule has 0 aromatic heterocycles. The molecule has 2 saturated heterocycles. The normalized spacial score (nSPS) is 19.0. The van der Waals surface area contributed by atoms with Crippen molar-refractivity contribution < 1.29 is 52.5 Å². The quantitative estimate of drug-likeness (QED) is 0.0522. The van der Waals surface area contributed by atoms with Crippen LogP contribution >= 0.6 is 0 Å². The second kappa shape index (κ2) is 28.9. The maximum atomic E-state index is 14.0. The van der Waals surface area contributed by atoms with Gasteiger partial charge in [-0.25, -0.2) is 0 Å². The van der Waals surface area contributed by atoms with E-state index in [1.54, 1.807) is 54.3 Å². The van der Waals surface area contributed by atoms with Gasteiger partial charge >= 0.3 is 0 Å². The molecule has 2 fully saturated rings. The van der Waals surface area contributed by atoms with E-state index in [0.29, 0.717) is 122 Å². The summed E-state index contributed by atoms with van der Waals surface area (Å²) in [4.78, 5) is 106. The van der Waals surface area contributed by atoms with Crippen LogP contribution < -0.4 is 34.5 Å². The van der Waals surface area contributed by atoms with Crippen LogP contribution in [-0.2, 0) is 24.0 Å². The zero-order valence-electron chi connectivity index (χ0n) is 52.1. The number of benzene rings is 4. The van der Waals surface area contributed by atoms with E-state index in [2.05, 4.69) is 51.7 Å². The zero-order chi connectivity index (χ0) is 62.8. The Bertz CT molecular complexity index is 3380. The molecule has 0 saturated carbocycles. The molecule has 88 heavy (non-hydrogen) atoms. The first-order valence-electron chi connectivity index (χ1n) is 30.7. The highest BCUT2D eigenvalue weighted by Crippen LogP contribution is 2.42. The highest BCUT2D eigenvalue weighted by atomic mass is 16.5. The van der Waals surface area contributed by atoms with E-state index < -0.39 is 6.04 Å². The molecule has 20 nitrogen and oxygen atoms in total. The standard InChI is InChI=1S/C48H49N7O7.C20H34N2O4/c1-30(56)51-35-10-6-31(7-11-35)33-20-37-26-49-41-24-45(43(59-3)22-39(41)47(57)54(37)28-33)61-18-5-19-62-46-25-42-40(23-44(46)60-4)48(58)55-29-34(21-38(55)27-50-42)32-8-12-36(13-9-32)53-16-14-52(2)15-17-53;1-13(2)11-16(23)19(14(3)4)21-17(24)9-7-6-8-10-22-18(25)12-15(5)20(22)26/h6-13,22-29,37-38H,5,14-21H2,1-4H3,(H,51,56);13-15,19H,6-12H2,1-5H3,(H,21,24)/t37-,38-;/m0./s1. The summed E-state index contributed by atoms with van der Waals surface area (Å²) in [6.07, 6.45) is 12.5. The first-order valence-corrected chi connectivity index (χ1v) is 30.7. The van der Waals surface area contributed by atoms with Gasteiger partial charge in [-0.1, -0.05) is 65.3 Å². The molecular formula is C68H83N9O11. The lowest BCUT2D eigenvalue weighted by molar-refractivity contribution is -0.139. The Morgan fingerprint density at radius 1 is 0.659 bits per heavy atom. The lowest BCUT2D eigenvalue weighted by atomic mass is 9.94. The molecule has 0 bridgehead atoms. The highest BCUT2D eigenvalue weighted by molar-refractivity contribution is 6.07. The molecule has 466 valence electrons. The summed E-state index contributed by atoms with van der Waals surface area (Å²) in [6, 6.07) is 22.2. The fourth-order valence-electron chi connectivity index (χ4n) is 11.7. The number of ketones is 1. The number of unbranched alkanes of at least 4 members (excludes halogenated alkanes) is 2. The summed E-state index contributed by atoms with van der Waals surface area (Å²) in [7, 11) is 5.25. The van der Waals surface area contributed by atoms with Crippen LogP contribution in [0.4, 0.5) is 22.7 Å². The largest absolute Gasteiger partial charge is 0.493 e. The van der Waals surface area contributed by atoms with E-state index in [1.807, 2.05) is 70.6 Å². The molecule has 10 rings (SSSR count). The third kappa shape index (κ3) is 15.4. The molecule has 4 aromatic rings. The predicted molar refractivity (Wildman–Crippen MR) is 340 cm³/mol. The van der Waals surface area contributed by atoms with Crippen LogP contribution in [0, 0.1) is 17.8 Å². The van der Waals surface area contributed by atoms with E-state index in [4.69, 9.17) is 28.9 Å². The Morgan fingerprint density at radius 2 is 1.19 bits per heavy atom. The number of nitrogens with one attached hydrogen (secondary N) is 2. The van der Waals surface area contributed by atoms with Crippen LogP contribution in [0.1, 0.15) is 131 Å². The van der Waals surface area contributed by atoms with Crippen molar-refractivity contribution in [2.24, 2.45) is 27.7 Å². The summed E-state index contributed by atoms with van der Waals surface area (Å²) < 4.78 is 23.7. The molecule has 6 heterocycles. The lowest BCUT2D eigenvalue weighted by Gasteiger charge is -2.34. The maximum absolute atomic E-state index is 14.0. The van der Waals surface area contributed by atoms with E-state index in [-0.39, 0.29) is 71.1 Å². The topological polar surface area (TPSA) is 221 Å². The lowest BCUT2D eigenvalue weighted by Crippen LogP contribution is -2.44. The number of hydrogen-bond acceptors (Lipinski definition) is 15. The summed E-state index contributed by atoms with van der Waals surface area (Å²) >= 11 is 0. The van der Waals surface area contributed by atoms with Gasteiger partial charge in [-0.15, -0.1) is 0 Å². The molecular weight excluding hydrogens is 1120 g/mol. The fourth-order valence-corrected chi connectivity index (χ4v) is 11.7. The number of ether oxygens (including phenoxy) is 4. The second-order valence-electron chi connectivity index (χ2n) is 24.2. The van der Waals surface area contributed by atoms with Crippen molar-refractivity contribution in [1.82, 2.24) is 24.9 Å². The van der Waals surface area contributed by atoms with Gasteiger partial charge in [0.15, 0.2) is 28.8 Å². The number of hydrogen-bond donors (Lipinski definition) is 2. The highest BCUT2D eigenvalue weighted by Gasteiger charge is 2.37. The average Bonchev–Trinajstić information content (AvgIpc) is 2.18. The third-order valence-electron chi connectivity index (χ3n) is 16.6. The van der Waals surface area contributed by atoms with Crippen LogP contribution in [0.3, 0.4) is 0 Å². The molecule has 2 N–H and O–H groups in total. The number of piperazine rings is 1. The van der Waals surface area contributed by atoms with Gasteiger partial charge in [0, 0.05) is 132 Å². The first kappa shape index (κ1) is 63.8. The number of aliphatic imine (C=N–C) groups is 2. The molecule has 0 spiro atoms. The van der Waals surface area contributed by atoms with E-state index >= 15 is 0 Å². The summed E-state index contributed by atoms with van der Waals surface area (Å²) in [5.41, 5.74) is 7.98. The van der Waals surface area contributed by atoms with Crippen molar-refractivity contribution in [2.45, 2.75) is 117 Å². The fraction of sp³-hybridized carbons (Fsp3) is 0.456. The van der Waals surface area contributed by atoms with E-state index in [0.717, 1.165) is 54.9 Å². The molecule has 6 aliphatic heterocycles. The molecule has 0 radical (unpaired) electrons. The number of likely N-dealkylation sites (tertiary alicyclic amines) is 1. The van der Waals surface area contributed by atoms with Crippen molar-refractivity contribution in [3.63, 3.8) is 0 Å². The predicted octanol–water partition coefficient (Wildman–Crippen LogP) is 9.90. The van der Waals surface area contributed by atoms with Crippen LogP contribution in [-0.4, -0.2) is 159 Å². The molecule has 20 heteroatoms. The smallest absolute Gasteiger partial charge is 0.260 e. The van der Waals surface area contributed by atoms with E-state index in [9.17, 15) is 33.6 Å². The first-order chi connectivity index (χ1) is 42.3. The number of carbonyl (C=O) groups is 7. The number of methoxy groups -OCH3 is 2. The van der Waals surface area contributed by atoms with Gasteiger partial charge in [0.25, 0.3) is 11.8 Å². The van der Waals surface area contributed by atoms with Crippen LogP contribution in [0.25, 0.3) is 11.1 Å². The molecule has 6 aliphatic rings. The number of anilines is 2. The maximum Gasteiger partial charge on any atom is 0.260 e. The minimum absolute atomic E-state index is 0.0689. The van der Waals surface area contributed by atoms with Crippen molar-refractivity contribution >= 4 is 87.6 Å². The SMILES string of the molecule is CC(C)CC(=O)C(NC(=O)CCCCCN1C(=O)CC(C)C1=O)C(C)C.COc1cc2c(cc1OCCCOc1cc3c(cc1OC)C(=O)N1C=C(c4ccc(N5CCN(C)CC5)cc4)C[C@H]1C=N3)N=C[C@@H]1CC(c3ccc(NC(C)=O)cc3)=CN1C2=O.